The minimum Gasteiger partial charge on any atom is -0.493 e. The van der Waals surface area contributed by atoms with Crippen molar-refractivity contribution in [1.29, 1.82) is 0 Å². The van der Waals surface area contributed by atoms with E-state index in [2.05, 4.69) is 4.72 Å². The fourth-order valence-corrected chi connectivity index (χ4v) is 3.63. The van der Waals surface area contributed by atoms with Crippen LogP contribution in [0.3, 0.4) is 0 Å². The molecule has 1 heterocycles. The van der Waals surface area contributed by atoms with E-state index in [9.17, 15) is 17.9 Å². The minimum absolute atomic E-state index is 0.0529. The Morgan fingerprint density at radius 3 is 2.61 bits per heavy atom. The van der Waals surface area contributed by atoms with Crippen LogP contribution in [0.4, 0.5) is 4.39 Å². The topological polar surface area (TPSA) is 75.6 Å². The highest BCUT2D eigenvalue weighted by atomic mass is 32.2. The van der Waals surface area contributed by atoms with E-state index in [0.29, 0.717) is 17.9 Å². The Kier molecular flexibility index (Phi) is 4.09. The summed E-state index contributed by atoms with van der Waals surface area (Å²) in [5, 5.41) is 10.8. The Bertz CT molecular complexity index is 807. The number of ether oxygens (including phenoxy) is 1. The van der Waals surface area contributed by atoms with Crippen molar-refractivity contribution in [2.24, 2.45) is 0 Å². The van der Waals surface area contributed by atoms with Crippen LogP contribution in [0.1, 0.15) is 12.0 Å². The van der Waals surface area contributed by atoms with Gasteiger partial charge in [0.15, 0.2) is 0 Å². The van der Waals surface area contributed by atoms with Crippen LogP contribution in [0.5, 0.6) is 5.75 Å². The first kappa shape index (κ1) is 15.9. The normalized spacial score (nSPS) is 20.6. The highest BCUT2D eigenvalue weighted by molar-refractivity contribution is 7.89. The molecule has 7 heteroatoms. The maximum atomic E-state index is 12.9. The van der Waals surface area contributed by atoms with Crippen LogP contribution < -0.4 is 9.46 Å². The molecule has 1 aliphatic rings. The predicted octanol–water partition coefficient (Wildman–Crippen LogP) is 1.77. The number of benzene rings is 2. The van der Waals surface area contributed by atoms with Gasteiger partial charge in [0.2, 0.25) is 10.0 Å². The van der Waals surface area contributed by atoms with Gasteiger partial charge in [-0.2, -0.15) is 0 Å². The molecule has 2 aromatic rings. The fourth-order valence-electron chi connectivity index (χ4n) is 2.54. The van der Waals surface area contributed by atoms with Crippen molar-refractivity contribution < 1.29 is 22.7 Å². The van der Waals surface area contributed by atoms with Crippen molar-refractivity contribution in [2.75, 3.05) is 13.2 Å². The first-order valence-corrected chi connectivity index (χ1v) is 8.59. The number of hydrogen-bond acceptors (Lipinski definition) is 4. The van der Waals surface area contributed by atoms with Crippen molar-refractivity contribution in [3.8, 4) is 5.75 Å². The number of aliphatic hydroxyl groups is 1. The number of nitrogens with one attached hydrogen (secondary N) is 1. The molecule has 0 amide bonds. The molecular formula is C16H16FNO4S. The van der Waals surface area contributed by atoms with E-state index in [4.69, 9.17) is 4.74 Å². The zero-order valence-electron chi connectivity index (χ0n) is 12.2. The van der Waals surface area contributed by atoms with E-state index in [-0.39, 0.29) is 17.9 Å². The summed E-state index contributed by atoms with van der Waals surface area (Å²) in [6, 6.07) is 11.5. The Balaban J connectivity index is 1.81. The zero-order valence-corrected chi connectivity index (χ0v) is 13.0. The molecule has 122 valence electrons. The van der Waals surface area contributed by atoms with E-state index in [1.807, 2.05) is 0 Å². The average molecular weight is 337 g/mol. The molecule has 1 unspecified atom stereocenters. The smallest absolute Gasteiger partial charge is 0.240 e. The average Bonchev–Trinajstić information content (AvgIpc) is 2.54. The summed E-state index contributed by atoms with van der Waals surface area (Å²) in [5.74, 6) is 0.0307. The maximum Gasteiger partial charge on any atom is 0.240 e. The fraction of sp³-hybridized carbons (Fsp3) is 0.250. The van der Waals surface area contributed by atoms with Gasteiger partial charge >= 0.3 is 0 Å². The van der Waals surface area contributed by atoms with Crippen LogP contribution in [0.25, 0.3) is 0 Å². The molecule has 0 saturated heterocycles. The monoisotopic (exact) mass is 337 g/mol. The summed E-state index contributed by atoms with van der Waals surface area (Å²) in [6.07, 6.45) is 0.274. The molecule has 3 rings (SSSR count). The highest BCUT2D eigenvalue weighted by Crippen LogP contribution is 2.36. The molecule has 2 aromatic carbocycles. The van der Waals surface area contributed by atoms with Gasteiger partial charge in [-0.15, -0.1) is 0 Å². The van der Waals surface area contributed by atoms with Crippen molar-refractivity contribution >= 4 is 10.0 Å². The van der Waals surface area contributed by atoms with Crippen molar-refractivity contribution in [2.45, 2.75) is 16.9 Å². The molecule has 0 fully saturated rings. The van der Waals surface area contributed by atoms with Crippen LogP contribution in [-0.4, -0.2) is 26.7 Å². The van der Waals surface area contributed by atoms with Crippen LogP contribution in [0.2, 0.25) is 0 Å². The van der Waals surface area contributed by atoms with Gasteiger partial charge in [-0.1, -0.05) is 18.2 Å². The number of halogens is 1. The van der Waals surface area contributed by atoms with E-state index in [0.717, 1.165) is 12.1 Å². The first-order chi connectivity index (χ1) is 10.9. The molecular weight excluding hydrogens is 321 g/mol. The first-order valence-electron chi connectivity index (χ1n) is 7.11. The van der Waals surface area contributed by atoms with Crippen molar-refractivity contribution in [3.63, 3.8) is 0 Å². The second-order valence-corrected chi connectivity index (χ2v) is 7.17. The lowest BCUT2D eigenvalue weighted by molar-refractivity contribution is 0.00219. The lowest BCUT2D eigenvalue weighted by Crippen LogP contribution is -2.43. The summed E-state index contributed by atoms with van der Waals surface area (Å²) in [4.78, 5) is -0.0529. The summed E-state index contributed by atoms with van der Waals surface area (Å²) < 4.78 is 45.3. The second kappa shape index (κ2) is 5.92. The van der Waals surface area contributed by atoms with Gasteiger partial charge in [0, 0.05) is 18.5 Å². The molecule has 1 aliphatic heterocycles. The molecule has 0 spiro atoms. The lowest BCUT2D eigenvalue weighted by atomic mass is 9.88. The van der Waals surface area contributed by atoms with Gasteiger partial charge in [0.05, 0.1) is 11.5 Å². The van der Waals surface area contributed by atoms with Gasteiger partial charge in [-0.25, -0.2) is 17.5 Å². The Morgan fingerprint density at radius 1 is 1.17 bits per heavy atom. The minimum atomic E-state index is -3.83. The van der Waals surface area contributed by atoms with Crippen LogP contribution in [0.15, 0.2) is 53.4 Å². The quantitative estimate of drug-likeness (QED) is 0.892. The molecule has 0 aromatic heterocycles. The van der Waals surface area contributed by atoms with Gasteiger partial charge in [-0.05, 0) is 30.3 Å². The second-order valence-electron chi connectivity index (χ2n) is 5.40. The maximum absolute atomic E-state index is 12.9. The van der Waals surface area contributed by atoms with Crippen molar-refractivity contribution in [3.05, 3.63) is 59.9 Å². The summed E-state index contributed by atoms with van der Waals surface area (Å²) in [6.45, 7) is 0.110. The van der Waals surface area contributed by atoms with Crippen LogP contribution >= 0.6 is 0 Å². The molecule has 0 radical (unpaired) electrons. The van der Waals surface area contributed by atoms with E-state index in [1.165, 1.54) is 12.1 Å². The third-order valence-corrected chi connectivity index (χ3v) is 5.26. The largest absolute Gasteiger partial charge is 0.493 e. The van der Waals surface area contributed by atoms with Gasteiger partial charge in [-0.3, -0.25) is 0 Å². The molecule has 0 bridgehead atoms. The van der Waals surface area contributed by atoms with E-state index >= 15 is 0 Å². The molecule has 0 aliphatic carbocycles. The molecule has 2 N–H and O–H groups in total. The van der Waals surface area contributed by atoms with Gasteiger partial charge in [0.1, 0.15) is 17.2 Å². The Morgan fingerprint density at radius 2 is 1.87 bits per heavy atom. The molecule has 23 heavy (non-hydrogen) atoms. The number of para-hydroxylation sites is 1. The summed E-state index contributed by atoms with van der Waals surface area (Å²) in [7, 11) is -3.83. The van der Waals surface area contributed by atoms with E-state index in [1.54, 1.807) is 24.3 Å². The van der Waals surface area contributed by atoms with Crippen LogP contribution in [0, 0.1) is 5.82 Å². The third kappa shape index (κ3) is 3.21. The summed E-state index contributed by atoms with van der Waals surface area (Å²) >= 11 is 0. The summed E-state index contributed by atoms with van der Waals surface area (Å²) in [5.41, 5.74) is -0.796. The molecule has 5 nitrogen and oxygen atoms in total. The predicted molar refractivity (Wildman–Crippen MR) is 82.0 cm³/mol. The third-order valence-electron chi connectivity index (χ3n) is 3.84. The highest BCUT2D eigenvalue weighted by Gasteiger charge is 2.36. The molecule has 1 atom stereocenters. The van der Waals surface area contributed by atoms with Crippen LogP contribution in [-0.2, 0) is 15.6 Å². The number of rotatable bonds is 4. The SMILES string of the molecule is O=S(=O)(NCC1(O)CCOc2ccccc21)c1ccc(F)cc1. The number of hydrogen-bond donors (Lipinski definition) is 2. The molecule has 0 saturated carbocycles. The van der Waals surface area contributed by atoms with Gasteiger partial charge < -0.3 is 9.84 Å². The Labute approximate surface area is 133 Å². The van der Waals surface area contributed by atoms with Crippen molar-refractivity contribution in [1.82, 2.24) is 4.72 Å². The number of fused-ring (bicyclic) bond motifs is 1. The Hall–Kier alpha value is -1.96. The lowest BCUT2D eigenvalue weighted by Gasteiger charge is -2.34. The van der Waals surface area contributed by atoms with Gasteiger partial charge in [0.25, 0.3) is 0 Å². The standard InChI is InChI=1S/C16H16FNO4S/c17-12-5-7-13(8-6-12)23(20,21)18-11-16(19)9-10-22-15-4-2-1-3-14(15)16/h1-8,18-19H,9-11H2. The van der Waals surface area contributed by atoms with E-state index < -0.39 is 21.4 Å². The zero-order chi connectivity index (χ0) is 16.5. The number of sulfonamides is 1.